The molecule has 0 bridgehead atoms. The van der Waals surface area contributed by atoms with Crippen molar-refractivity contribution in [3.8, 4) is 6.07 Å². The first-order valence-corrected chi connectivity index (χ1v) is 12.8. The van der Waals surface area contributed by atoms with Crippen molar-refractivity contribution >= 4 is 57.0 Å². The Balaban J connectivity index is 1.47. The molecule has 3 aromatic rings. The third-order valence-corrected chi connectivity index (χ3v) is 8.40. The molecule has 12 heteroatoms. The number of aromatic nitrogens is 1. The molecule has 2 aromatic heterocycles. The summed E-state index contributed by atoms with van der Waals surface area (Å²) >= 11 is 3.95. The fourth-order valence-electron chi connectivity index (χ4n) is 3.50. The first-order chi connectivity index (χ1) is 16.4. The van der Waals surface area contributed by atoms with Crippen molar-refractivity contribution in [3.05, 3.63) is 61.0 Å². The van der Waals surface area contributed by atoms with Gasteiger partial charge < -0.3 is 10.1 Å². The van der Waals surface area contributed by atoms with Crippen LogP contribution in [0.5, 0.6) is 0 Å². The van der Waals surface area contributed by atoms with E-state index in [-0.39, 0.29) is 11.3 Å². The van der Waals surface area contributed by atoms with Crippen LogP contribution in [0.4, 0.5) is 10.7 Å². The molecule has 0 saturated carbocycles. The number of nitro groups is 1. The van der Waals surface area contributed by atoms with Gasteiger partial charge in [-0.2, -0.15) is 5.26 Å². The summed E-state index contributed by atoms with van der Waals surface area (Å²) in [7, 11) is 0. The molecule has 0 atom stereocenters. The lowest BCUT2D eigenvalue weighted by Crippen LogP contribution is -2.21. The summed E-state index contributed by atoms with van der Waals surface area (Å²) in [5.41, 5.74) is 1.99. The highest BCUT2D eigenvalue weighted by atomic mass is 32.2. The number of anilines is 1. The zero-order valence-corrected chi connectivity index (χ0v) is 20.4. The van der Waals surface area contributed by atoms with Crippen LogP contribution in [-0.2, 0) is 22.4 Å². The van der Waals surface area contributed by atoms with E-state index in [1.807, 2.05) is 12.3 Å². The number of nitriles is 1. The van der Waals surface area contributed by atoms with Gasteiger partial charge in [0.05, 0.1) is 16.1 Å². The first-order valence-electron chi connectivity index (χ1n) is 10.3. The van der Waals surface area contributed by atoms with Crippen molar-refractivity contribution in [2.45, 2.75) is 41.8 Å². The van der Waals surface area contributed by atoms with Crippen LogP contribution >= 0.6 is 34.4 Å². The van der Waals surface area contributed by atoms with Crippen LogP contribution in [0.15, 0.2) is 32.8 Å². The van der Waals surface area contributed by atoms with E-state index in [4.69, 9.17) is 4.74 Å². The maximum absolute atomic E-state index is 12.8. The number of ether oxygens (including phenoxy) is 1. The van der Waals surface area contributed by atoms with Crippen molar-refractivity contribution in [2.24, 2.45) is 0 Å². The van der Waals surface area contributed by atoms with Crippen molar-refractivity contribution in [3.63, 3.8) is 0 Å². The van der Waals surface area contributed by atoms with Crippen LogP contribution in [0.25, 0.3) is 0 Å². The SMILES string of the molecule is Cc1csc(Sc2ccc([N+](=O)[O-])cc2C(=O)OCC(=O)Nc2sc3c(c2C#N)CCCC3)n1. The number of hydrogen-bond acceptors (Lipinski definition) is 10. The Morgan fingerprint density at radius 3 is 2.85 bits per heavy atom. The Morgan fingerprint density at radius 1 is 1.35 bits per heavy atom. The highest BCUT2D eigenvalue weighted by Crippen LogP contribution is 2.38. The summed E-state index contributed by atoms with van der Waals surface area (Å²) in [5.74, 6) is -1.45. The summed E-state index contributed by atoms with van der Waals surface area (Å²) in [4.78, 5) is 41.7. The lowest BCUT2D eigenvalue weighted by Gasteiger charge is -2.09. The third kappa shape index (κ3) is 5.27. The van der Waals surface area contributed by atoms with Crippen LogP contribution in [0.1, 0.15) is 44.9 Å². The molecule has 1 aliphatic carbocycles. The lowest BCUT2D eigenvalue weighted by atomic mass is 9.96. The summed E-state index contributed by atoms with van der Waals surface area (Å²) < 4.78 is 5.84. The number of esters is 1. The predicted molar refractivity (Wildman–Crippen MR) is 129 cm³/mol. The second-order valence-corrected chi connectivity index (χ2v) is 10.7. The summed E-state index contributed by atoms with van der Waals surface area (Å²) in [6.07, 6.45) is 3.75. The quantitative estimate of drug-likeness (QED) is 0.261. The van der Waals surface area contributed by atoms with Gasteiger partial charge in [0.2, 0.25) is 0 Å². The molecule has 0 radical (unpaired) electrons. The third-order valence-electron chi connectivity index (χ3n) is 5.06. The van der Waals surface area contributed by atoms with Gasteiger partial charge in [0.15, 0.2) is 10.9 Å². The monoisotopic (exact) mass is 514 g/mol. The van der Waals surface area contributed by atoms with Gasteiger partial charge in [-0.15, -0.1) is 22.7 Å². The van der Waals surface area contributed by atoms with Gasteiger partial charge in [-0.25, -0.2) is 9.78 Å². The fourth-order valence-corrected chi connectivity index (χ4v) is 6.65. The number of nitrogens with zero attached hydrogens (tertiary/aromatic N) is 3. The van der Waals surface area contributed by atoms with Crippen LogP contribution in [-0.4, -0.2) is 28.4 Å². The molecule has 1 amide bonds. The molecule has 1 aromatic carbocycles. The Morgan fingerprint density at radius 2 is 2.15 bits per heavy atom. The topological polar surface area (TPSA) is 135 Å². The number of hydrogen-bond donors (Lipinski definition) is 1. The van der Waals surface area contributed by atoms with Crippen molar-refractivity contribution < 1.29 is 19.2 Å². The molecule has 2 heterocycles. The van der Waals surface area contributed by atoms with Gasteiger partial charge in [-0.1, -0.05) is 11.8 Å². The standard InChI is InChI=1S/C22H18N4O5S3/c1-12-11-32-22(24-12)34-18-7-6-13(26(29)30)8-15(18)21(28)31-10-19(27)25-20-16(9-23)14-4-2-3-5-17(14)33-20/h6-8,11H,2-5,10H2,1H3,(H,25,27). The van der Waals surface area contributed by atoms with E-state index in [0.29, 0.717) is 19.8 Å². The number of carbonyl (C=O) groups is 2. The minimum atomic E-state index is -0.861. The number of non-ortho nitro benzene ring substituents is 1. The van der Waals surface area contributed by atoms with Crippen molar-refractivity contribution in [1.82, 2.24) is 4.98 Å². The van der Waals surface area contributed by atoms with E-state index in [9.17, 15) is 25.0 Å². The number of aryl methyl sites for hydroxylation is 2. The minimum absolute atomic E-state index is 0.0239. The van der Waals surface area contributed by atoms with Gasteiger partial charge >= 0.3 is 5.97 Å². The number of nitrogens with one attached hydrogen (secondary N) is 1. The molecule has 34 heavy (non-hydrogen) atoms. The van der Waals surface area contributed by atoms with Gasteiger partial charge in [0, 0.05) is 33.0 Å². The number of rotatable bonds is 7. The molecule has 9 nitrogen and oxygen atoms in total. The molecule has 0 unspecified atom stereocenters. The van der Waals surface area contributed by atoms with Crippen LogP contribution in [0.3, 0.4) is 0 Å². The minimum Gasteiger partial charge on any atom is -0.452 e. The second kappa shape index (κ2) is 10.3. The van der Waals surface area contributed by atoms with E-state index in [2.05, 4.69) is 16.4 Å². The number of amides is 1. The Kier molecular flexibility index (Phi) is 7.26. The summed E-state index contributed by atoms with van der Waals surface area (Å²) in [6.45, 7) is 1.25. The number of thiazole rings is 1. The van der Waals surface area contributed by atoms with Gasteiger partial charge in [-0.3, -0.25) is 14.9 Å². The summed E-state index contributed by atoms with van der Waals surface area (Å²) in [5, 5.41) is 25.7. The van der Waals surface area contributed by atoms with E-state index >= 15 is 0 Å². The zero-order chi connectivity index (χ0) is 24.2. The maximum Gasteiger partial charge on any atom is 0.340 e. The average Bonchev–Trinajstić information content (AvgIpc) is 3.39. The Hall–Kier alpha value is -3.27. The smallest absolute Gasteiger partial charge is 0.340 e. The molecule has 174 valence electrons. The molecular formula is C22H18N4O5S3. The summed E-state index contributed by atoms with van der Waals surface area (Å²) in [6, 6.07) is 6.06. The molecule has 1 aliphatic rings. The van der Waals surface area contributed by atoms with E-state index in [1.165, 1.54) is 46.6 Å². The highest BCUT2D eigenvalue weighted by Gasteiger charge is 2.23. The van der Waals surface area contributed by atoms with Gasteiger partial charge in [0.25, 0.3) is 11.6 Å². The number of nitro benzene ring substituents is 1. The molecule has 0 spiro atoms. The molecule has 4 rings (SSSR count). The number of thiophene rings is 1. The number of carbonyl (C=O) groups excluding carboxylic acids is 2. The normalized spacial score (nSPS) is 12.5. The molecule has 0 saturated heterocycles. The number of fused-ring (bicyclic) bond motifs is 1. The second-order valence-electron chi connectivity index (χ2n) is 7.45. The Labute approximate surface area is 206 Å². The predicted octanol–water partition coefficient (Wildman–Crippen LogP) is 5.12. The van der Waals surface area contributed by atoms with E-state index in [1.54, 1.807) is 0 Å². The van der Waals surface area contributed by atoms with E-state index in [0.717, 1.165) is 47.9 Å². The van der Waals surface area contributed by atoms with Crippen LogP contribution in [0.2, 0.25) is 0 Å². The van der Waals surface area contributed by atoms with E-state index < -0.39 is 23.4 Å². The Bertz CT molecular complexity index is 1320. The average molecular weight is 515 g/mol. The van der Waals surface area contributed by atoms with Crippen molar-refractivity contribution in [2.75, 3.05) is 11.9 Å². The molecule has 0 fully saturated rings. The van der Waals surface area contributed by atoms with Crippen molar-refractivity contribution in [1.29, 1.82) is 5.26 Å². The van der Waals surface area contributed by atoms with Crippen LogP contribution in [0, 0.1) is 28.4 Å². The highest BCUT2D eigenvalue weighted by molar-refractivity contribution is 8.01. The molecular weight excluding hydrogens is 496 g/mol. The largest absolute Gasteiger partial charge is 0.452 e. The molecule has 1 N–H and O–H groups in total. The number of benzene rings is 1. The van der Waals surface area contributed by atoms with Gasteiger partial charge in [0.1, 0.15) is 11.1 Å². The van der Waals surface area contributed by atoms with Crippen LogP contribution < -0.4 is 5.32 Å². The fraction of sp³-hybridized carbons (Fsp3) is 0.273. The maximum atomic E-state index is 12.8. The first kappa shape index (κ1) is 23.9. The zero-order valence-electron chi connectivity index (χ0n) is 18.0. The molecule has 0 aliphatic heterocycles. The lowest BCUT2D eigenvalue weighted by molar-refractivity contribution is -0.384. The van der Waals surface area contributed by atoms with Gasteiger partial charge in [-0.05, 0) is 44.2 Å².